The number of imidazole rings is 1. The molecule has 1 aromatic carbocycles. The number of hydrogen-bond donors (Lipinski definition) is 1. The van der Waals surface area contributed by atoms with Crippen LogP contribution in [0.3, 0.4) is 0 Å². The molecule has 8 nitrogen and oxygen atoms in total. The lowest BCUT2D eigenvalue weighted by Crippen LogP contribution is -2.22. The predicted molar refractivity (Wildman–Crippen MR) is 105 cm³/mol. The second kappa shape index (κ2) is 7.50. The molecule has 0 aliphatic carbocycles. The molecular weight excluding hydrogens is 376 g/mol. The zero-order valence-electron chi connectivity index (χ0n) is 15.4. The van der Waals surface area contributed by atoms with Crippen molar-refractivity contribution in [3.8, 4) is 17.4 Å². The van der Waals surface area contributed by atoms with Crippen LogP contribution < -0.4 is 15.2 Å². The standard InChI is InChI=1S/C19H22N6O2S/c20-15(18-22-19(23-28-18)25-6-4-21-11-25)7-14-3-5-24(10-14)9-13-1-2-16-17(8-13)27-12-26-16/h1-2,4,6,8,11,14-15H,3,5,7,9-10,12,20H2. The quantitative estimate of drug-likeness (QED) is 0.681. The third-order valence-corrected chi connectivity index (χ3v) is 6.12. The molecule has 2 N–H and O–H groups in total. The van der Waals surface area contributed by atoms with Crippen LogP contribution in [0.15, 0.2) is 36.9 Å². The van der Waals surface area contributed by atoms with E-state index in [1.165, 1.54) is 17.1 Å². The van der Waals surface area contributed by atoms with E-state index in [2.05, 4.69) is 31.4 Å². The number of rotatable bonds is 6. The van der Waals surface area contributed by atoms with Crippen LogP contribution in [0.1, 0.15) is 29.5 Å². The van der Waals surface area contributed by atoms with Crippen molar-refractivity contribution in [3.05, 3.63) is 47.5 Å². The van der Waals surface area contributed by atoms with Gasteiger partial charge >= 0.3 is 0 Å². The third-order valence-electron chi connectivity index (χ3n) is 5.28. The maximum Gasteiger partial charge on any atom is 0.246 e. The summed E-state index contributed by atoms with van der Waals surface area (Å²) >= 11 is 1.38. The largest absolute Gasteiger partial charge is 0.454 e. The molecule has 0 amide bonds. The van der Waals surface area contributed by atoms with Crippen molar-refractivity contribution in [2.24, 2.45) is 11.7 Å². The summed E-state index contributed by atoms with van der Waals surface area (Å²) in [5.74, 6) is 2.90. The van der Waals surface area contributed by atoms with Crippen molar-refractivity contribution >= 4 is 11.5 Å². The van der Waals surface area contributed by atoms with Crippen LogP contribution in [0, 0.1) is 5.92 Å². The lowest BCUT2D eigenvalue weighted by molar-refractivity contribution is 0.174. The Morgan fingerprint density at radius 1 is 1.29 bits per heavy atom. The van der Waals surface area contributed by atoms with Crippen LogP contribution in [0.2, 0.25) is 0 Å². The van der Waals surface area contributed by atoms with Gasteiger partial charge in [0, 0.05) is 25.5 Å². The maximum absolute atomic E-state index is 6.44. The zero-order chi connectivity index (χ0) is 18.9. The Balaban J connectivity index is 1.16. The average molecular weight is 398 g/mol. The molecule has 2 aromatic heterocycles. The minimum atomic E-state index is -0.0785. The Morgan fingerprint density at radius 2 is 2.21 bits per heavy atom. The molecular formula is C19H22N6O2S. The van der Waals surface area contributed by atoms with Gasteiger partial charge in [-0.25, -0.2) is 9.97 Å². The van der Waals surface area contributed by atoms with Gasteiger partial charge < -0.3 is 15.2 Å². The Morgan fingerprint density at radius 3 is 3.11 bits per heavy atom. The SMILES string of the molecule is NC(CC1CCN(Cc2ccc3c(c2)OCO3)C1)c1nc(-n2ccnc2)ns1. The van der Waals surface area contributed by atoms with Gasteiger partial charge in [-0.05, 0) is 54.5 Å². The molecule has 146 valence electrons. The van der Waals surface area contributed by atoms with Gasteiger partial charge in [-0.2, -0.15) is 4.37 Å². The van der Waals surface area contributed by atoms with Crippen LogP contribution in [-0.2, 0) is 6.54 Å². The van der Waals surface area contributed by atoms with E-state index in [0.29, 0.717) is 18.7 Å². The van der Waals surface area contributed by atoms with Crippen molar-refractivity contribution in [1.82, 2.24) is 23.8 Å². The van der Waals surface area contributed by atoms with Gasteiger partial charge in [0.25, 0.3) is 0 Å². The normalized spacial score (nSPS) is 20.0. The smallest absolute Gasteiger partial charge is 0.246 e. The Kier molecular flexibility index (Phi) is 4.71. The summed E-state index contributed by atoms with van der Waals surface area (Å²) < 4.78 is 17.1. The Labute approximate surface area is 167 Å². The number of nitrogens with zero attached hydrogens (tertiary/aromatic N) is 5. The van der Waals surface area contributed by atoms with Gasteiger partial charge in [0.2, 0.25) is 12.7 Å². The van der Waals surface area contributed by atoms with E-state index in [4.69, 9.17) is 15.2 Å². The van der Waals surface area contributed by atoms with Crippen LogP contribution >= 0.6 is 11.5 Å². The van der Waals surface area contributed by atoms with Gasteiger partial charge in [0.05, 0.1) is 6.04 Å². The number of fused-ring (bicyclic) bond motifs is 1. The summed E-state index contributed by atoms with van der Waals surface area (Å²) in [6.07, 6.45) is 7.33. The number of ether oxygens (including phenoxy) is 2. The van der Waals surface area contributed by atoms with Crippen molar-refractivity contribution in [1.29, 1.82) is 0 Å². The molecule has 2 atom stereocenters. The van der Waals surface area contributed by atoms with Crippen molar-refractivity contribution in [2.45, 2.75) is 25.4 Å². The van der Waals surface area contributed by atoms with Gasteiger partial charge in [0.15, 0.2) is 11.5 Å². The molecule has 3 aromatic rings. The van der Waals surface area contributed by atoms with Crippen LogP contribution in [0.4, 0.5) is 0 Å². The van der Waals surface area contributed by atoms with Gasteiger partial charge in [-0.15, -0.1) is 0 Å². The van der Waals surface area contributed by atoms with E-state index in [-0.39, 0.29) is 6.04 Å². The number of aromatic nitrogens is 4. The topological polar surface area (TPSA) is 91.3 Å². The van der Waals surface area contributed by atoms with Crippen LogP contribution in [0.5, 0.6) is 11.5 Å². The molecule has 5 rings (SSSR count). The summed E-state index contributed by atoms with van der Waals surface area (Å²) in [6, 6.07) is 6.12. The minimum Gasteiger partial charge on any atom is -0.454 e. The highest BCUT2D eigenvalue weighted by atomic mass is 32.1. The molecule has 2 aliphatic rings. The lowest BCUT2D eigenvalue weighted by atomic mass is 10.00. The molecule has 2 aliphatic heterocycles. The Hall–Kier alpha value is -2.49. The number of likely N-dealkylation sites (tertiary alicyclic amines) is 1. The fourth-order valence-electron chi connectivity index (χ4n) is 3.87. The molecule has 0 saturated carbocycles. The molecule has 9 heteroatoms. The number of nitrogens with two attached hydrogens (primary N) is 1. The zero-order valence-corrected chi connectivity index (χ0v) is 16.2. The highest BCUT2D eigenvalue weighted by Crippen LogP contribution is 2.34. The second-order valence-electron chi connectivity index (χ2n) is 7.32. The number of hydrogen-bond acceptors (Lipinski definition) is 8. The molecule has 4 heterocycles. The maximum atomic E-state index is 6.44. The lowest BCUT2D eigenvalue weighted by Gasteiger charge is -2.17. The molecule has 0 spiro atoms. The molecule has 1 saturated heterocycles. The molecule has 1 fully saturated rings. The van der Waals surface area contributed by atoms with Crippen molar-refractivity contribution < 1.29 is 9.47 Å². The van der Waals surface area contributed by atoms with E-state index in [1.54, 1.807) is 17.1 Å². The molecule has 2 unspecified atom stereocenters. The highest BCUT2D eigenvalue weighted by Gasteiger charge is 2.26. The molecule has 0 bridgehead atoms. The first-order chi connectivity index (χ1) is 13.7. The van der Waals surface area contributed by atoms with Crippen LogP contribution in [0.25, 0.3) is 5.95 Å². The third kappa shape index (κ3) is 3.60. The van der Waals surface area contributed by atoms with Gasteiger partial charge in [-0.1, -0.05) is 6.07 Å². The van der Waals surface area contributed by atoms with Crippen molar-refractivity contribution in [2.75, 3.05) is 19.9 Å². The van der Waals surface area contributed by atoms with E-state index >= 15 is 0 Å². The predicted octanol–water partition coefficient (Wildman–Crippen LogP) is 2.36. The first-order valence-corrected chi connectivity index (χ1v) is 10.2. The first-order valence-electron chi connectivity index (χ1n) is 9.43. The Bertz CT molecular complexity index is 944. The first kappa shape index (κ1) is 17.6. The molecule has 28 heavy (non-hydrogen) atoms. The van der Waals surface area contributed by atoms with Crippen molar-refractivity contribution in [3.63, 3.8) is 0 Å². The molecule has 0 radical (unpaired) electrons. The van der Waals surface area contributed by atoms with E-state index in [0.717, 1.165) is 49.0 Å². The number of benzene rings is 1. The fourth-order valence-corrected chi connectivity index (χ4v) is 4.53. The second-order valence-corrected chi connectivity index (χ2v) is 8.11. The average Bonchev–Trinajstić information content (AvgIpc) is 3.47. The van der Waals surface area contributed by atoms with E-state index < -0.39 is 0 Å². The summed E-state index contributed by atoms with van der Waals surface area (Å²) in [5, 5.41) is 0.887. The highest BCUT2D eigenvalue weighted by molar-refractivity contribution is 7.05. The van der Waals surface area contributed by atoms with Gasteiger partial charge in [0.1, 0.15) is 11.3 Å². The summed E-state index contributed by atoms with van der Waals surface area (Å²) in [5.41, 5.74) is 7.69. The van der Waals surface area contributed by atoms with Gasteiger partial charge in [-0.3, -0.25) is 9.47 Å². The summed E-state index contributed by atoms with van der Waals surface area (Å²) in [4.78, 5) is 11.1. The fraction of sp³-hybridized carbons (Fsp3) is 0.421. The summed E-state index contributed by atoms with van der Waals surface area (Å²) in [6.45, 7) is 3.38. The van der Waals surface area contributed by atoms with E-state index in [1.807, 2.05) is 12.3 Å². The minimum absolute atomic E-state index is 0.0785. The monoisotopic (exact) mass is 398 g/mol. The van der Waals surface area contributed by atoms with E-state index in [9.17, 15) is 0 Å². The van der Waals surface area contributed by atoms with Crippen LogP contribution in [-0.4, -0.2) is 43.7 Å². The summed E-state index contributed by atoms with van der Waals surface area (Å²) in [7, 11) is 0.